The van der Waals surface area contributed by atoms with E-state index in [9.17, 15) is 4.79 Å². The number of primary amides is 1. The van der Waals surface area contributed by atoms with Crippen molar-refractivity contribution < 1.29 is 4.79 Å². The maximum Gasteiger partial charge on any atom is 0.250 e. The number of amides is 1. The standard InChI is InChI=1S/C13H9NOS/c14-13(15)11-7-16-12-6-9-4-2-1-3-8(9)5-10(11)12/h1-7H,(H2,14,15). The first kappa shape index (κ1) is 9.36. The lowest BCUT2D eigenvalue weighted by atomic mass is 10.1. The third kappa shape index (κ3) is 1.29. The first-order valence-corrected chi connectivity index (χ1v) is 5.83. The van der Waals surface area contributed by atoms with E-state index in [1.807, 2.05) is 29.6 Å². The Morgan fingerprint density at radius 1 is 1.12 bits per heavy atom. The van der Waals surface area contributed by atoms with E-state index in [2.05, 4.69) is 12.1 Å². The topological polar surface area (TPSA) is 43.1 Å². The smallest absolute Gasteiger partial charge is 0.250 e. The lowest BCUT2D eigenvalue weighted by molar-refractivity contribution is 0.100. The van der Waals surface area contributed by atoms with Crippen LogP contribution in [0.2, 0.25) is 0 Å². The molecule has 0 aliphatic rings. The fraction of sp³-hybridized carbons (Fsp3) is 0. The summed E-state index contributed by atoms with van der Waals surface area (Å²) in [6.45, 7) is 0. The van der Waals surface area contributed by atoms with Crippen LogP contribution in [0.3, 0.4) is 0 Å². The van der Waals surface area contributed by atoms with Crippen molar-refractivity contribution in [1.82, 2.24) is 0 Å². The molecule has 2 aromatic carbocycles. The molecule has 16 heavy (non-hydrogen) atoms. The summed E-state index contributed by atoms with van der Waals surface area (Å²) in [5, 5.41) is 5.10. The van der Waals surface area contributed by atoms with E-state index in [-0.39, 0.29) is 5.91 Å². The molecule has 0 unspecified atom stereocenters. The van der Waals surface area contributed by atoms with Gasteiger partial charge in [-0.15, -0.1) is 11.3 Å². The van der Waals surface area contributed by atoms with Crippen LogP contribution in [0.5, 0.6) is 0 Å². The van der Waals surface area contributed by atoms with Gasteiger partial charge in [-0.05, 0) is 22.9 Å². The largest absolute Gasteiger partial charge is 0.366 e. The van der Waals surface area contributed by atoms with Gasteiger partial charge in [0.05, 0.1) is 5.56 Å². The van der Waals surface area contributed by atoms with Crippen LogP contribution < -0.4 is 5.73 Å². The summed E-state index contributed by atoms with van der Waals surface area (Å²) in [6.07, 6.45) is 0. The van der Waals surface area contributed by atoms with Crippen molar-refractivity contribution in [1.29, 1.82) is 0 Å². The van der Waals surface area contributed by atoms with Crippen LogP contribution in [0.15, 0.2) is 41.8 Å². The highest BCUT2D eigenvalue weighted by atomic mass is 32.1. The first-order chi connectivity index (χ1) is 7.75. The van der Waals surface area contributed by atoms with Crippen LogP contribution in [-0.4, -0.2) is 5.91 Å². The normalized spacial score (nSPS) is 11.0. The van der Waals surface area contributed by atoms with Crippen LogP contribution >= 0.6 is 11.3 Å². The second kappa shape index (κ2) is 3.32. The molecular weight excluding hydrogens is 218 g/mol. The number of carbonyl (C=O) groups excluding carboxylic acids is 1. The zero-order chi connectivity index (χ0) is 11.1. The highest BCUT2D eigenvalue weighted by molar-refractivity contribution is 7.17. The molecule has 3 aromatic rings. The summed E-state index contributed by atoms with van der Waals surface area (Å²) in [5.74, 6) is -0.360. The third-order valence-corrected chi connectivity index (χ3v) is 3.65. The summed E-state index contributed by atoms with van der Waals surface area (Å²) in [5.41, 5.74) is 5.95. The summed E-state index contributed by atoms with van der Waals surface area (Å²) in [7, 11) is 0. The maximum atomic E-state index is 11.2. The van der Waals surface area contributed by atoms with Crippen molar-refractivity contribution in [2.75, 3.05) is 0 Å². The average Bonchev–Trinajstić information content (AvgIpc) is 2.68. The molecule has 0 bridgehead atoms. The molecule has 1 aromatic heterocycles. The Morgan fingerprint density at radius 3 is 2.50 bits per heavy atom. The van der Waals surface area contributed by atoms with Crippen LogP contribution in [-0.2, 0) is 0 Å². The summed E-state index contributed by atoms with van der Waals surface area (Å²) < 4.78 is 1.10. The van der Waals surface area contributed by atoms with Gasteiger partial charge in [0.15, 0.2) is 0 Å². The summed E-state index contributed by atoms with van der Waals surface area (Å²) in [6, 6.07) is 12.2. The molecule has 0 aliphatic carbocycles. The van der Waals surface area contributed by atoms with Gasteiger partial charge < -0.3 is 5.73 Å². The summed E-state index contributed by atoms with van der Waals surface area (Å²) >= 11 is 1.56. The Balaban J connectivity index is 2.45. The van der Waals surface area contributed by atoms with Crippen molar-refractivity contribution in [3.63, 3.8) is 0 Å². The number of nitrogens with two attached hydrogens (primary N) is 1. The molecular formula is C13H9NOS. The molecule has 2 N–H and O–H groups in total. The number of thiophene rings is 1. The highest BCUT2D eigenvalue weighted by Crippen LogP contribution is 2.30. The quantitative estimate of drug-likeness (QED) is 0.681. The minimum absolute atomic E-state index is 0.360. The fourth-order valence-electron chi connectivity index (χ4n) is 1.90. The first-order valence-electron chi connectivity index (χ1n) is 4.95. The molecule has 78 valence electrons. The Bertz CT molecular complexity index is 699. The Kier molecular flexibility index (Phi) is 1.94. The third-order valence-electron chi connectivity index (χ3n) is 2.71. The highest BCUT2D eigenvalue weighted by Gasteiger charge is 2.09. The van der Waals surface area contributed by atoms with Crippen LogP contribution in [0.4, 0.5) is 0 Å². The van der Waals surface area contributed by atoms with E-state index in [1.165, 1.54) is 5.39 Å². The van der Waals surface area contributed by atoms with E-state index in [1.54, 1.807) is 11.3 Å². The van der Waals surface area contributed by atoms with Crippen LogP contribution in [0, 0.1) is 0 Å². The molecule has 3 heteroatoms. The predicted octanol–water partition coefficient (Wildman–Crippen LogP) is 3.15. The Morgan fingerprint density at radius 2 is 1.81 bits per heavy atom. The van der Waals surface area contributed by atoms with Gasteiger partial charge in [0.2, 0.25) is 5.91 Å². The van der Waals surface area contributed by atoms with Gasteiger partial charge in [0, 0.05) is 15.5 Å². The molecule has 1 amide bonds. The van der Waals surface area contributed by atoms with Gasteiger partial charge in [0.1, 0.15) is 0 Å². The van der Waals surface area contributed by atoms with Crippen molar-refractivity contribution in [3.05, 3.63) is 47.3 Å². The fourth-order valence-corrected chi connectivity index (χ4v) is 2.88. The molecule has 0 spiro atoms. The molecule has 2 nitrogen and oxygen atoms in total. The molecule has 0 saturated heterocycles. The Hall–Kier alpha value is -1.87. The molecule has 3 rings (SSSR count). The molecule has 0 atom stereocenters. The molecule has 0 fully saturated rings. The number of hydrogen-bond donors (Lipinski definition) is 1. The van der Waals surface area contributed by atoms with Crippen molar-refractivity contribution >= 4 is 38.1 Å². The SMILES string of the molecule is NC(=O)c1csc2cc3ccccc3cc12. The number of rotatable bonds is 1. The molecule has 0 radical (unpaired) electrons. The second-order valence-electron chi connectivity index (χ2n) is 3.71. The summed E-state index contributed by atoms with van der Waals surface area (Å²) in [4.78, 5) is 11.2. The van der Waals surface area contributed by atoms with Crippen molar-refractivity contribution in [2.45, 2.75) is 0 Å². The van der Waals surface area contributed by atoms with Crippen LogP contribution in [0.25, 0.3) is 20.9 Å². The number of benzene rings is 2. The van der Waals surface area contributed by atoms with Gasteiger partial charge in [-0.3, -0.25) is 4.79 Å². The molecule has 1 heterocycles. The van der Waals surface area contributed by atoms with E-state index in [0.717, 1.165) is 15.5 Å². The lowest BCUT2D eigenvalue weighted by Gasteiger charge is -1.98. The monoisotopic (exact) mass is 227 g/mol. The van der Waals surface area contributed by atoms with E-state index in [0.29, 0.717) is 5.56 Å². The van der Waals surface area contributed by atoms with Gasteiger partial charge >= 0.3 is 0 Å². The van der Waals surface area contributed by atoms with Gasteiger partial charge in [-0.1, -0.05) is 24.3 Å². The van der Waals surface area contributed by atoms with Gasteiger partial charge in [-0.2, -0.15) is 0 Å². The number of fused-ring (bicyclic) bond motifs is 2. The Labute approximate surface area is 96.3 Å². The van der Waals surface area contributed by atoms with Gasteiger partial charge in [0.25, 0.3) is 0 Å². The predicted molar refractivity (Wildman–Crippen MR) is 67.8 cm³/mol. The number of hydrogen-bond acceptors (Lipinski definition) is 2. The minimum atomic E-state index is -0.360. The lowest BCUT2D eigenvalue weighted by Crippen LogP contribution is -2.09. The van der Waals surface area contributed by atoms with Crippen molar-refractivity contribution in [3.8, 4) is 0 Å². The van der Waals surface area contributed by atoms with Gasteiger partial charge in [-0.25, -0.2) is 0 Å². The van der Waals surface area contributed by atoms with E-state index in [4.69, 9.17) is 5.73 Å². The maximum absolute atomic E-state index is 11.2. The van der Waals surface area contributed by atoms with E-state index >= 15 is 0 Å². The average molecular weight is 227 g/mol. The zero-order valence-corrected chi connectivity index (χ0v) is 9.25. The molecule has 0 saturated carbocycles. The zero-order valence-electron chi connectivity index (χ0n) is 8.44. The number of carbonyl (C=O) groups is 1. The van der Waals surface area contributed by atoms with Crippen molar-refractivity contribution in [2.24, 2.45) is 5.73 Å². The second-order valence-corrected chi connectivity index (χ2v) is 4.62. The van der Waals surface area contributed by atoms with Crippen LogP contribution in [0.1, 0.15) is 10.4 Å². The minimum Gasteiger partial charge on any atom is -0.366 e. The molecule has 0 aliphatic heterocycles. The van der Waals surface area contributed by atoms with E-state index < -0.39 is 0 Å².